The zero-order valence-corrected chi connectivity index (χ0v) is 13.6. The molecule has 0 aliphatic rings. The number of carbonyl (C=O) groups is 2. The third-order valence-electron chi connectivity index (χ3n) is 2.57. The van der Waals surface area contributed by atoms with Gasteiger partial charge in [-0.3, -0.25) is 9.59 Å². The highest BCUT2D eigenvalue weighted by atomic mass is 16.6. The Morgan fingerprint density at radius 3 is 1.91 bits per heavy atom. The van der Waals surface area contributed by atoms with Crippen molar-refractivity contribution >= 4 is 11.8 Å². The summed E-state index contributed by atoms with van der Waals surface area (Å²) < 4.78 is 25.4. The molecule has 0 N–H and O–H groups in total. The van der Waals surface area contributed by atoms with Crippen molar-refractivity contribution in [2.45, 2.75) is 26.2 Å². The van der Waals surface area contributed by atoms with E-state index in [4.69, 9.17) is 23.7 Å². The van der Waals surface area contributed by atoms with Gasteiger partial charge in [0.1, 0.15) is 12.2 Å². The van der Waals surface area contributed by atoms with Crippen molar-refractivity contribution < 1.29 is 33.3 Å². The van der Waals surface area contributed by atoms with Crippen LogP contribution in [0.25, 0.3) is 0 Å². The minimum absolute atomic E-state index is 0.119. The molecule has 0 aliphatic carbocycles. The van der Waals surface area contributed by atoms with E-state index in [1.165, 1.54) is 0 Å². The Balaban J connectivity index is 3.20. The molecule has 130 valence electrons. The summed E-state index contributed by atoms with van der Waals surface area (Å²) in [4.78, 5) is 22.5. The maximum atomic E-state index is 11.4. The van der Waals surface area contributed by atoms with Gasteiger partial charge in [0.25, 0.3) is 0 Å². The van der Waals surface area contributed by atoms with Crippen molar-refractivity contribution in [3.8, 4) is 0 Å². The number of methoxy groups -OCH3 is 1. The van der Waals surface area contributed by atoms with E-state index in [0.29, 0.717) is 65.7 Å². The molecule has 0 aromatic rings. The Hall–Kier alpha value is -1.02. The average Bonchev–Trinajstić information content (AvgIpc) is 2.48. The third-order valence-corrected chi connectivity index (χ3v) is 2.57. The van der Waals surface area contributed by atoms with Gasteiger partial charge in [0.05, 0.1) is 46.2 Å². The lowest BCUT2D eigenvalue weighted by molar-refractivity contribution is -0.145. The fourth-order valence-corrected chi connectivity index (χ4v) is 1.52. The first-order valence-corrected chi connectivity index (χ1v) is 7.60. The zero-order chi connectivity index (χ0) is 16.5. The van der Waals surface area contributed by atoms with E-state index < -0.39 is 5.97 Å². The lowest BCUT2D eigenvalue weighted by Gasteiger charge is -2.06. The SMILES string of the molecule is CCOC(=O)CC(=O)CCCOCCOCCOCCOC. The Bertz CT molecular complexity index is 281. The van der Waals surface area contributed by atoms with Crippen LogP contribution in [0.1, 0.15) is 26.2 Å². The van der Waals surface area contributed by atoms with Crippen LogP contribution < -0.4 is 0 Å². The number of hydrogen-bond donors (Lipinski definition) is 0. The lowest BCUT2D eigenvalue weighted by atomic mass is 10.2. The second-order valence-electron chi connectivity index (χ2n) is 4.45. The van der Waals surface area contributed by atoms with Gasteiger partial charge in [-0.25, -0.2) is 0 Å². The number of rotatable bonds is 16. The number of ketones is 1. The van der Waals surface area contributed by atoms with Gasteiger partial charge in [-0.05, 0) is 13.3 Å². The number of carbonyl (C=O) groups excluding carboxylic acids is 2. The summed E-state index contributed by atoms with van der Waals surface area (Å²) in [6.45, 7) is 5.65. The number of ether oxygens (including phenoxy) is 5. The van der Waals surface area contributed by atoms with Gasteiger partial charge in [-0.1, -0.05) is 0 Å². The van der Waals surface area contributed by atoms with Crippen LogP contribution in [-0.4, -0.2) is 71.7 Å². The number of Topliss-reactive ketones (excluding diaryl/α,β-unsaturated/α-hetero) is 1. The first kappa shape index (κ1) is 21.0. The van der Waals surface area contributed by atoms with Gasteiger partial charge in [0.15, 0.2) is 0 Å². The van der Waals surface area contributed by atoms with Crippen molar-refractivity contribution in [3.63, 3.8) is 0 Å². The predicted octanol–water partition coefficient (Wildman–Crippen LogP) is 0.985. The maximum absolute atomic E-state index is 11.4. The second-order valence-corrected chi connectivity index (χ2v) is 4.45. The summed E-state index contributed by atoms with van der Waals surface area (Å²) in [5.74, 6) is -0.582. The highest BCUT2D eigenvalue weighted by Gasteiger charge is 2.09. The monoisotopic (exact) mass is 320 g/mol. The summed E-state index contributed by atoms with van der Waals surface area (Å²) in [5.41, 5.74) is 0. The van der Waals surface area contributed by atoms with Crippen LogP contribution in [0.3, 0.4) is 0 Å². The van der Waals surface area contributed by atoms with Crippen LogP contribution in [0.4, 0.5) is 0 Å². The molecule has 0 unspecified atom stereocenters. The first-order valence-electron chi connectivity index (χ1n) is 7.60. The summed E-state index contributed by atoms with van der Waals surface area (Å²) >= 11 is 0. The normalized spacial score (nSPS) is 10.6. The van der Waals surface area contributed by atoms with E-state index in [0.717, 1.165) is 0 Å². The minimum Gasteiger partial charge on any atom is -0.466 e. The molecule has 0 bridgehead atoms. The molecule has 0 amide bonds. The first-order chi connectivity index (χ1) is 10.7. The number of hydrogen-bond acceptors (Lipinski definition) is 7. The molecule has 0 rings (SSSR count). The fraction of sp³-hybridized carbons (Fsp3) is 0.867. The molecule has 7 nitrogen and oxygen atoms in total. The van der Waals surface area contributed by atoms with Crippen LogP contribution in [-0.2, 0) is 33.3 Å². The van der Waals surface area contributed by atoms with Gasteiger partial charge in [-0.2, -0.15) is 0 Å². The quantitative estimate of drug-likeness (QED) is 0.238. The topological polar surface area (TPSA) is 80.3 Å². The highest BCUT2D eigenvalue weighted by Crippen LogP contribution is 1.98. The van der Waals surface area contributed by atoms with Crippen molar-refractivity contribution in [1.82, 2.24) is 0 Å². The van der Waals surface area contributed by atoms with Crippen LogP contribution >= 0.6 is 0 Å². The van der Waals surface area contributed by atoms with Crippen molar-refractivity contribution in [1.29, 1.82) is 0 Å². The maximum Gasteiger partial charge on any atom is 0.313 e. The van der Waals surface area contributed by atoms with Crippen molar-refractivity contribution in [3.05, 3.63) is 0 Å². The second kappa shape index (κ2) is 16.4. The highest BCUT2D eigenvalue weighted by molar-refractivity contribution is 5.95. The molecule has 0 aliphatic heterocycles. The lowest BCUT2D eigenvalue weighted by Crippen LogP contribution is -2.13. The van der Waals surface area contributed by atoms with E-state index in [2.05, 4.69) is 0 Å². The van der Waals surface area contributed by atoms with Crippen LogP contribution in [0.2, 0.25) is 0 Å². The Labute approximate surface area is 132 Å². The third kappa shape index (κ3) is 15.4. The van der Waals surface area contributed by atoms with Gasteiger partial charge in [-0.15, -0.1) is 0 Å². The van der Waals surface area contributed by atoms with Crippen LogP contribution in [0, 0.1) is 0 Å². The molecule has 0 saturated heterocycles. The summed E-state index contributed by atoms with van der Waals surface area (Å²) in [6, 6.07) is 0. The van der Waals surface area contributed by atoms with E-state index in [1.54, 1.807) is 14.0 Å². The Morgan fingerprint density at radius 1 is 0.818 bits per heavy atom. The Morgan fingerprint density at radius 2 is 1.36 bits per heavy atom. The number of esters is 1. The minimum atomic E-state index is -0.463. The van der Waals surface area contributed by atoms with Crippen molar-refractivity contribution in [2.24, 2.45) is 0 Å². The van der Waals surface area contributed by atoms with E-state index >= 15 is 0 Å². The van der Waals surface area contributed by atoms with Gasteiger partial charge in [0.2, 0.25) is 0 Å². The molecular formula is C15H28O7. The molecule has 0 fully saturated rings. The summed E-state index contributed by atoms with van der Waals surface area (Å²) in [6.07, 6.45) is 0.769. The largest absolute Gasteiger partial charge is 0.466 e. The molecule has 22 heavy (non-hydrogen) atoms. The smallest absolute Gasteiger partial charge is 0.313 e. The van der Waals surface area contributed by atoms with Gasteiger partial charge in [0, 0.05) is 20.1 Å². The molecule has 0 heterocycles. The van der Waals surface area contributed by atoms with E-state index in [1.807, 2.05) is 0 Å². The predicted molar refractivity (Wildman–Crippen MR) is 79.8 cm³/mol. The van der Waals surface area contributed by atoms with E-state index in [9.17, 15) is 9.59 Å². The standard InChI is InChI=1S/C15H28O7/c1-3-22-15(17)13-14(16)5-4-6-19-9-10-21-12-11-20-8-7-18-2/h3-13H2,1-2H3. The van der Waals surface area contributed by atoms with Crippen LogP contribution in [0.15, 0.2) is 0 Å². The van der Waals surface area contributed by atoms with E-state index in [-0.39, 0.29) is 12.2 Å². The fourth-order valence-electron chi connectivity index (χ4n) is 1.52. The molecule has 0 aromatic carbocycles. The summed E-state index contributed by atoms with van der Waals surface area (Å²) in [5, 5.41) is 0. The van der Waals surface area contributed by atoms with Gasteiger partial charge < -0.3 is 23.7 Å². The van der Waals surface area contributed by atoms with Gasteiger partial charge >= 0.3 is 5.97 Å². The Kier molecular flexibility index (Phi) is 15.6. The van der Waals surface area contributed by atoms with Crippen molar-refractivity contribution in [2.75, 3.05) is 60.0 Å². The molecule has 0 aromatic heterocycles. The zero-order valence-electron chi connectivity index (χ0n) is 13.6. The molecular weight excluding hydrogens is 292 g/mol. The molecule has 0 spiro atoms. The molecule has 0 saturated carbocycles. The molecule has 0 radical (unpaired) electrons. The van der Waals surface area contributed by atoms with Crippen LogP contribution in [0.5, 0.6) is 0 Å². The summed E-state index contributed by atoms with van der Waals surface area (Å²) in [7, 11) is 1.63. The molecule has 7 heteroatoms. The average molecular weight is 320 g/mol. The molecule has 0 atom stereocenters.